The Morgan fingerprint density at radius 2 is 2.44 bits per heavy atom. The lowest BCUT2D eigenvalue weighted by molar-refractivity contribution is -0.553. The van der Waals surface area contributed by atoms with E-state index >= 15 is 0 Å². The van der Waals surface area contributed by atoms with E-state index in [-0.39, 0.29) is 0 Å². The average molecular weight is 131 g/mol. The second kappa shape index (κ2) is 2.59. The lowest BCUT2D eigenvalue weighted by Crippen LogP contribution is -2.36. The van der Waals surface area contributed by atoms with E-state index in [1.165, 1.54) is 6.92 Å². The van der Waals surface area contributed by atoms with Crippen LogP contribution in [-0.4, -0.2) is 22.2 Å². The summed E-state index contributed by atoms with van der Waals surface area (Å²) in [4.78, 5) is 9.49. The van der Waals surface area contributed by atoms with Crippen molar-refractivity contribution in [1.29, 1.82) is 0 Å². The third-order valence-electron chi connectivity index (χ3n) is 1.18. The topological polar surface area (TPSA) is 63.4 Å². The van der Waals surface area contributed by atoms with Gasteiger partial charge in [-0.1, -0.05) is 6.58 Å². The van der Waals surface area contributed by atoms with Gasteiger partial charge in [-0.25, -0.2) is 0 Å². The minimum Gasteiger partial charge on any atom is -0.389 e. The Kier molecular flexibility index (Phi) is 2.33. The second-order valence-electron chi connectivity index (χ2n) is 1.98. The Hall–Kier alpha value is -0.900. The minimum absolute atomic E-state index is 0.510. The van der Waals surface area contributed by atoms with Gasteiger partial charge in [0.1, 0.15) is 6.61 Å². The molecule has 0 fully saturated rings. The van der Waals surface area contributed by atoms with E-state index in [2.05, 4.69) is 6.58 Å². The number of aliphatic hydroxyl groups excluding tert-OH is 1. The van der Waals surface area contributed by atoms with Gasteiger partial charge in [0.15, 0.2) is 0 Å². The fraction of sp³-hybridized carbons (Fsp3) is 0.600. The van der Waals surface area contributed by atoms with Gasteiger partial charge in [0.05, 0.1) is 0 Å². The zero-order valence-electron chi connectivity index (χ0n) is 5.20. The van der Waals surface area contributed by atoms with Gasteiger partial charge in [-0.15, -0.1) is 0 Å². The van der Waals surface area contributed by atoms with E-state index in [1.807, 2.05) is 0 Å². The maximum absolute atomic E-state index is 10.1. The number of hydrogen-bond acceptors (Lipinski definition) is 3. The minimum atomic E-state index is -1.38. The summed E-state index contributed by atoms with van der Waals surface area (Å²) in [6.45, 7) is 4.02. The average Bonchev–Trinajstić information content (AvgIpc) is 1.86. The summed E-state index contributed by atoms with van der Waals surface area (Å²) in [5.74, 6) is 0. The van der Waals surface area contributed by atoms with Crippen LogP contribution in [0.1, 0.15) is 6.92 Å². The highest BCUT2D eigenvalue weighted by atomic mass is 16.6. The molecule has 1 atom stereocenters. The van der Waals surface area contributed by atoms with E-state index < -0.39 is 17.1 Å². The Morgan fingerprint density at radius 1 is 2.00 bits per heavy atom. The predicted molar refractivity (Wildman–Crippen MR) is 32.7 cm³/mol. The Balaban J connectivity index is 4.27. The van der Waals surface area contributed by atoms with Crippen molar-refractivity contribution in [3.05, 3.63) is 22.8 Å². The number of nitro groups is 1. The van der Waals surface area contributed by atoms with Crippen molar-refractivity contribution in [2.45, 2.75) is 12.5 Å². The molecule has 0 aliphatic carbocycles. The number of hydrogen-bond donors (Lipinski definition) is 1. The van der Waals surface area contributed by atoms with Crippen LogP contribution in [0.15, 0.2) is 12.7 Å². The smallest absolute Gasteiger partial charge is 0.259 e. The fourth-order valence-corrected chi connectivity index (χ4v) is 0.197. The van der Waals surface area contributed by atoms with Crippen LogP contribution in [0, 0.1) is 10.1 Å². The van der Waals surface area contributed by atoms with Crippen molar-refractivity contribution < 1.29 is 10.0 Å². The Bertz CT molecular complexity index is 134. The van der Waals surface area contributed by atoms with E-state index in [0.29, 0.717) is 0 Å². The van der Waals surface area contributed by atoms with Crippen LogP contribution in [0.5, 0.6) is 0 Å². The van der Waals surface area contributed by atoms with Crippen molar-refractivity contribution >= 4 is 0 Å². The van der Waals surface area contributed by atoms with Gasteiger partial charge in [-0.2, -0.15) is 0 Å². The molecule has 0 bridgehead atoms. The Morgan fingerprint density at radius 3 is 2.44 bits per heavy atom. The van der Waals surface area contributed by atoms with Crippen LogP contribution in [0.4, 0.5) is 0 Å². The van der Waals surface area contributed by atoms with Gasteiger partial charge in [0, 0.05) is 11.8 Å². The first-order chi connectivity index (χ1) is 4.06. The van der Waals surface area contributed by atoms with E-state index in [1.54, 1.807) is 0 Å². The maximum atomic E-state index is 10.1. The zero-order valence-corrected chi connectivity index (χ0v) is 5.20. The standard InChI is InChI=1S/C5H9NO3/c1-3-5(2,4-7)6(8)9/h3,7H,1,4H2,2H3. The highest BCUT2D eigenvalue weighted by Gasteiger charge is 2.31. The van der Waals surface area contributed by atoms with Crippen molar-refractivity contribution in [3.63, 3.8) is 0 Å². The number of aliphatic hydroxyl groups is 1. The lowest BCUT2D eigenvalue weighted by atomic mass is 10.1. The quantitative estimate of drug-likeness (QED) is 0.338. The van der Waals surface area contributed by atoms with Crippen molar-refractivity contribution in [2.24, 2.45) is 0 Å². The molecule has 0 spiro atoms. The zero-order chi connectivity index (χ0) is 7.49. The van der Waals surface area contributed by atoms with Crippen LogP contribution in [0.25, 0.3) is 0 Å². The van der Waals surface area contributed by atoms with Crippen LogP contribution < -0.4 is 0 Å². The molecule has 0 heterocycles. The summed E-state index contributed by atoms with van der Waals surface area (Å²) in [5, 5.41) is 18.5. The summed E-state index contributed by atoms with van der Waals surface area (Å²) in [7, 11) is 0. The molecule has 4 nitrogen and oxygen atoms in total. The normalized spacial score (nSPS) is 16.2. The van der Waals surface area contributed by atoms with Crippen LogP contribution >= 0.6 is 0 Å². The Labute approximate surface area is 53.0 Å². The molecule has 52 valence electrons. The molecule has 0 aromatic carbocycles. The van der Waals surface area contributed by atoms with Crippen molar-refractivity contribution in [2.75, 3.05) is 6.61 Å². The molecule has 0 aliphatic heterocycles. The molecule has 0 amide bonds. The molecule has 1 N–H and O–H groups in total. The highest BCUT2D eigenvalue weighted by molar-refractivity contribution is 4.91. The maximum Gasteiger partial charge on any atom is 0.259 e. The largest absolute Gasteiger partial charge is 0.389 e. The van der Waals surface area contributed by atoms with E-state index in [4.69, 9.17) is 5.11 Å². The van der Waals surface area contributed by atoms with Gasteiger partial charge in [-0.3, -0.25) is 10.1 Å². The van der Waals surface area contributed by atoms with Gasteiger partial charge in [0.25, 0.3) is 5.54 Å². The number of nitrogens with zero attached hydrogens (tertiary/aromatic N) is 1. The molecule has 0 saturated carbocycles. The molecular weight excluding hydrogens is 122 g/mol. The summed E-state index contributed by atoms with van der Waals surface area (Å²) >= 11 is 0. The van der Waals surface area contributed by atoms with Gasteiger partial charge < -0.3 is 5.11 Å². The molecule has 0 rings (SSSR count). The fourth-order valence-electron chi connectivity index (χ4n) is 0.197. The first-order valence-electron chi connectivity index (χ1n) is 2.46. The molecule has 0 saturated heterocycles. The van der Waals surface area contributed by atoms with E-state index in [9.17, 15) is 10.1 Å². The molecule has 0 radical (unpaired) electrons. The van der Waals surface area contributed by atoms with Crippen LogP contribution in [0.2, 0.25) is 0 Å². The summed E-state index contributed by atoms with van der Waals surface area (Å²) in [6, 6.07) is 0. The summed E-state index contributed by atoms with van der Waals surface area (Å²) in [5.41, 5.74) is -1.38. The first-order valence-corrected chi connectivity index (χ1v) is 2.46. The summed E-state index contributed by atoms with van der Waals surface area (Å²) in [6.07, 6.45) is 1.12. The van der Waals surface area contributed by atoms with Gasteiger partial charge in [0.2, 0.25) is 0 Å². The van der Waals surface area contributed by atoms with E-state index in [0.717, 1.165) is 6.08 Å². The SMILES string of the molecule is C=CC(C)(CO)[N+](=O)[O-]. The molecule has 0 aromatic heterocycles. The molecule has 1 unspecified atom stereocenters. The molecular formula is C5H9NO3. The summed E-state index contributed by atoms with van der Waals surface area (Å²) < 4.78 is 0. The van der Waals surface area contributed by atoms with Crippen LogP contribution in [-0.2, 0) is 0 Å². The molecule has 4 heteroatoms. The first kappa shape index (κ1) is 8.10. The van der Waals surface area contributed by atoms with Gasteiger partial charge in [-0.05, 0) is 6.08 Å². The molecule has 0 aromatic rings. The number of rotatable bonds is 3. The third-order valence-corrected chi connectivity index (χ3v) is 1.18. The monoisotopic (exact) mass is 131 g/mol. The molecule has 0 aliphatic rings. The van der Waals surface area contributed by atoms with Crippen LogP contribution in [0.3, 0.4) is 0 Å². The third kappa shape index (κ3) is 1.50. The van der Waals surface area contributed by atoms with Crippen molar-refractivity contribution in [1.82, 2.24) is 0 Å². The van der Waals surface area contributed by atoms with Gasteiger partial charge >= 0.3 is 0 Å². The second-order valence-corrected chi connectivity index (χ2v) is 1.98. The predicted octanol–water partition coefficient (Wildman–Crippen LogP) is 0.200. The molecule has 9 heavy (non-hydrogen) atoms. The lowest BCUT2D eigenvalue weighted by Gasteiger charge is -2.11. The highest BCUT2D eigenvalue weighted by Crippen LogP contribution is 2.07. The van der Waals surface area contributed by atoms with Crippen molar-refractivity contribution in [3.8, 4) is 0 Å².